The van der Waals surface area contributed by atoms with Gasteiger partial charge in [0.15, 0.2) is 6.61 Å². The van der Waals surface area contributed by atoms with Crippen molar-refractivity contribution in [2.45, 2.75) is 11.8 Å². The number of hydrogen-bond acceptors (Lipinski definition) is 4. The zero-order valence-electron chi connectivity index (χ0n) is 13.3. The van der Waals surface area contributed by atoms with Crippen LogP contribution < -0.4 is 14.8 Å². The number of halogens is 2. The van der Waals surface area contributed by atoms with Crippen molar-refractivity contribution < 1.29 is 22.3 Å². The molecule has 0 aliphatic rings. The van der Waals surface area contributed by atoms with Gasteiger partial charge in [0.1, 0.15) is 16.5 Å². The Labute approximate surface area is 150 Å². The molecule has 0 aliphatic carbocycles. The number of sulfonamides is 1. The zero-order valence-corrected chi connectivity index (χ0v) is 14.8. The lowest BCUT2D eigenvalue weighted by Crippen LogP contribution is -2.28. The standard InChI is InChI=1S/C16H16ClFN2O4S/c1-2-19-16(21)10-24-13-5-3-4-12(9-13)20-25(22,23)15-7-6-11(17)8-14(15)18/h3-9,20H,2,10H2,1H3,(H,19,21). The smallest absolute Gasteiger partial charge is 0.264 e. The molecule has 134 valence electrons. The molecule has 25 heavy (non-hydrogen) atoms. The molecule has 6 nitrogen and oxygen atoms in total. The maximum Gasteiger partial charge on any atom is 0.264 e. The van der Waals surface area contributed by atoms with Crippen molar-refractivity contribution >= 4 is 33.2 Å². The lowest BCUT2D eigenvalue weighted by molar-refractivity contribution is -0.122. The number of nitrogens with one attached hydrogen (secondary N) is 2. The Morgan fingerprint density at radius 3 is 2.68 bits per heavy atom. The van der Waals surface area contributed by atoms with Crippen LogP contribution in [0, 0.1) is 5.82 Å². The molecule has 0 aliphatic heterocycles. The van der Waals surface area contributed by atoms with Crippen LogP contribution >= 0.6 is 11.6 Å². The van der Waals surface area contributed by atoms with Crippen molar-refractivity contribution in [2.75, 3.05) is 17.9 Å². The second-order valence-corrected chi connectivity index (χ2v) is 7.04. The van der Waals surface area contributed by atoms with E-state index in [2.05, 4.69) is 10.0 Å². The fraction of sp³-hybridized carbons (Fsp3) is 0.188. The molecule has 0 saturated heterocycles. The van der Waals surface area contributed by atoms with Crippen LogP contribution in [0.5, 0.6) is 5.75 Å². The summed E-state index contributed by atoms with van der Waals surface area (Å²) in [6.45, 7) is 2.06. The van der Waals surface area contributed by atoms with E-state index in [4.69, 9.17) is 16.3 Å². The number of likely N-dealkylation sites (N-methyl/N-ethyl adjacent to an activating group) is 1. The van der Waals surface area contributed by atoms with Gasteiger partial charge in [-0.3, -0.25) is 9.52 Å². The molecule has 0 atom stereocenters. The number of benzene rings is 2. The molecular formula is C16H16ClFN2O4S. The molecule has 9 heteroatoms. The van der Waals surface area contributed by atoms with Crippen LogP contribution in [0.2, 0.25) is 5.02 Å². The third kappa shape index (κ3) is 5.33. The molecule has 2 aromatic carbocycles. The highest BCUT2D eigenvalue weighted by molar-refractivity contribution is 7.92. The summed E-state index contributed by atoms with van der Waals surface area (Å²) in [4.78, 5) is 10.9. The monoisotopic (exact) mass is 386 g/mol. The summed E-state index contributed by atoms with van der Waals surface area (Å²) in [5.41, 5.74) is 0.169. The van der Waals surface area contributed by atoms with E-state index in [0.29, 0.717) is 12.3 Å². The third-order valence-electron chi connectivity index (χ3n) is 3.01. The quantitative estimate of drug-likeness (QED) is 0.766. The van der Waals surface area contributed by atoms with Gasteiger partial charge >= 0.3 is 0 Å². The Balaban J connectivity index is 2.14. The summed E-state index contributed by atoms with van der Waals surface area (Å²) in [6.07, 6.45) is 0. The van der Waals surface area contributed by atoms with Crippen LogP contribution in [0.3, 0.4) is 0 Å². The third-order valence-corrected chi connectivity index (χ3v) is 4.66. The van der Waals surface area contributed by atoms with Crippen molar-refractivity contribution in [3.05, 3.63) is 53.3 Å². The molecule has 2 aromatic rings. The minimum Gasteiger partial charge on any atom is -0.484 e. The zero-order chi connectivity index (χ0) is 18.4. The van der Waals surface area contributed by atoms with Gasteiger partial charge in [-0.25, -0.2) is 12.8 Å². The van der Waals surface area contributed by atoms with E-state index in [1.807, 2.05) is 0 Å². The van der Waals surface area contributed by atoms with E-state index >= 15 is 0 Å². The molecule has 0 radical (unpaired) electrons. The van der Waals surface area contributed by atoms with Gasteiger partial charge in [-0.15, -0.1) is 0 Å². The van der Waals surface area contributed by atoms with Crippen LogP contribution in [0.4, 0.5) is 10.1 Å². The van der Waals surface area contributed by atoms with Gasteiger partial charge in [-0.2, -0.15) is 0 Å². The number of amides is 1. The van der Waals surface area contributed by atoms with Gasteiger partial charge < -0.3 is 10.1 Å². The predicted octanol–water partition coefficient (Wildman–Crippen LogP) is 2.79. The molecule has 2 rings (SSSR count). The van der Waals surface area contributed by atoms with E-state index in [0.717, 1.165) is 12.1 Å². The number of carbonyl (C=O) groups excluding carboxylic acids is 1. The van der Waals surface area contributed by atoms with Crippen LogP contribution in [-0.2, 0) is 14.8 Å². The van der Waals surface area contributed by atoms with E-state index in [1.165, 1.54) is 18.2 Å². The minimum atomic E-state index is -4.14. The number of ether oxygens (including phenoxy) is 1. The first-order valence-corrected chi connectivity index (χ1v) is 9.15. The summed E-state index contributed by atoms with van der Waals surface area (Å²) >= 11 is 5.63. The fourth-order valence-electron chi connectivity index (χ4n) is 1.95. The molecule has 0 spiro atoms. The maximum atomic E-state index is 13.8. The Bertz CT molecular complexity index is 874. The molecule has 0 heterocycles. The van der Waals surface area contributed by atoms with E-state index in [-0.39, 0.29) is 23.2 Å². The molecule has 0 unspecified atom stereocenters. The molecule has 0 bridgehead atoms. The van der Waals surface area contributed by atoms with Crippen molar-refractivity contribution in [1.29, 1.82) is 0 Å². The first-order valence-electron chi connectivity index (χ1n) is 7.29. The molecule has 2 N–H and O–H groups in total. The molecule has 0 saturated carbocycles. The average Bonchev–Trinajstić information content (AvgIpc) is 2.53. The number of hydrogen-bond donors (Lipinski definition) is 2. The molecule has 1 amide bonds. The second kappa shape index (κ2) is 8.17. The lowest BCUT2D eigenvalue weighted by Gasteiger charge is -2.11. The largest absolute Gasteiger partial charge is 0.484 e. The number of rotatable bonds is 7. The van der Waals surface area contributed by atoms with E-state index < -0.39 is 20.7 Å². The topological polar surface area (TPSA) is 84.5 Å². The molecular weight excluding hydrogens is 371 g/mol. The summed E-state index contributed by atoms with van der Waals surface area (Å²) < 4.78 is 46.0. The Hall–Kier alpha value is -2.32. The highest BCUT2D eigenvalue weighted by Gasteiger charge is 2.19. The van der Waals surface area contributed by atoms with Gasteiger partial charge in [0, 0.05) is 17.6 Å². The first-order chi connectivity index (χ1) is 11.8. The van der Waals surface area contributed by atoms with Crippen LogP contribution in [0.25, 0.3) is 0 Å². The molecule has 0 aromatic heterocycles. The first kappa shape index (κ1) is 19.0. The van der Waals surface area contributed by atoms with Crippen molar-refractivity contribution in [2.24, 2.45) is 0 Å². The predicted molar refractivity (Wildman–Crippen MR) is 92.8 cm³/mol. The Morgan fingerprint density at radius 2 is 2.00 bits per heavy atom. The van der Waals surface area contributed by atoms with Crippen LogP contribution in [0.1, 0.15) is 6.92 Å². The van der Waals surface area contributed by atoms with Crippen molar-refractivity contribution in [3.63, 3.8) is 0 Å². The van der Waals surface area contributed by atoms with Gasteiger partial charge in [-0.05, 0) is 37.3 Å². The Morgan fingerprint density at radius 1 is 1.24 bits per heavy atom. The number of anilines is 1. The summed E-state index contributed by atoms with van der Waals surface area (Å²) in [6, 6.07) is 9.26. The van der Waals surface area contributed by atoms with Crippen molar-refractivity contribution in [1.82, 2.24) is 5.32 Å². The fourth-order valence-corrected chi connectivity index (χ4v) is 3.22. The number of carbonyl (C=O) groups is 1. The summed E-state index contributed by atoms with van der Waals surface area (Å²) in [5.74, 6) is -0.955. The molecule has 0 fully saturated rings. The van der Waals surface area contributed by atoms with Gasteiger partial charge in [0.25, 0.3) is 15.9 Å². The average molecular weight is 387 g/mol. The summed E-state index contributed by atoms with van der Waals surface area (Å²) in [5, 5.41) is 2.67. The maximum absolute atomic E-state index is 13.8. The van der Waals surface area contributed by atoms with Gasteiger partial charge in [-0.1, -0.05) is 17.7 Å². The van der Waals surface area contributed by atoms with E-state index in [9.17, 15) is 17.6 Å². The normalized spacial score (nSPS) is 11.0. The van der Waals surface area contributed by atoms with E-state index in [1.54, 1.807) is 19.1 Å². The highest BCUT2D eigenvalue weighted by Crippen LogP contribution is 2.24. The van der Waals surface area contributed by atoms with Gasteiger partial charge in [0.05, 0.1) is 5.69 Å². The lowest BCUT2D eigenvalue weighted by atomic mass is 10.3. The second-order valence-electron chi connectivity index (χ2n) is 4.95. The van der Waals surface area contributed by atoms with Crippen molar-refractivity contribution in [3.8, 4) is 5.75 Å². The highest BCUT2D eigenvalue weighted by atomic mass is 35.5. The Kier molecular flexibility index (Phi) is 6.22. The van der Waals surface area contributed by atoms with Crippen LogP contribution in [-0.4, -0.2) is 27.5 Å². The summed E-state index contributed by atoms with van der Waals surface area (Å²) in [7, 11) is -4.14. The van der Waals surface area contributed by atoms with Gasteiger partial charge in [0.2, 0.25) is 0 Å². The minimum absolute atomic E-state index is 0.0946. The van der Waals surface area contributed by atoms with Crippen LogP contribution in [0.15, 0.2) is 47.4 Å². The SMILES string of the molecule is CCNC(=O)COc1cccc(NS(=O)(=O)c2ccc(Cl)cc2F)c1.